The predicted octanol–water partition coefficient (Wildman–Crippen LogP) is 6.90. The van der Waals surface area contributed by atoms with Gasteiger partial charge in [-0.3, -0.25) is 0 Å². The summed E-state index contributed by atoms with van der Waals surface area (Å²) in [4.78, 5) is 0. The van der Waals surface area contributed by atoms with Crippen LogP contribution in [0.1, 0.15) is 68.9 Å². The van der Waals surface area contributed by atoms with Crippen molar-refractivity contribution < 1.29 is 13.5 Å². The highest BCUT2D eigenvalue weighted by Gasteiger charge is 2.31. The maximum atomic E-state index is 13.8. The van der Waals surface area contributed by atoms with E-state index in [2.05, 4.69) is 0 Å². The Morgan fingerprint density at radius 2 is 1.59 bits per heavy atom. The number of hydrogen-bond acceptors (Lipinski definition) is 2. The van der Waals surface area contributed by atoms with Crippen LogP contribution in [0.2, 0.25) is 0 Å². The summed E-state index contributed by atoms with van der Waals surface area (Å²) in [6.07, 6.45) is 13.6. The van der Waals surface area contributed by atoms with Crippen molar-refractivity contribution in [2.24, 2.45) is 17.8 Å². The van der Waals surface area contributed by atoms with E-state index in [1.807, 2.05) is 6.08 Å². The molecule has 1 aromatic rings. The molecule has 0 heterocycles. The van der Waals surface area contributed by atoms with Crippen molar-refractivity contribution >= 4 is 11.6 Å². The molecule has 2 saturated carbocycles. The maximum absolute atomic E-state index is 13.8. The van der Waals surface area contributed by atoms with Crippen LogP contribution in [0, 0.1) is 40.7 Å². The van der Waals surface area contributed by atoms with Crippen LogP contribution in [0.5, 0.6) is 0 Å². The predicted molar refractivity (Wildman–Crippen MR) is 112 cm³/mol. The smallest absolute Gasteiger partial charge is 0.144 e. The summed E-state index contributed by atoms with van der Waals surface area (Å²) in [6, 6.07) is 4.21. The molecule has 0 aromatic heterocycles. The molecule has 2 nitrogen and oxygen atoms in total. The summed E-state index contributed by atoms with van der Waals surface area (Å²) in [5, 5.41) is 8.77. The van der Waals surface area contributed by atoms with Gasteiger partial charge >= 0.3 is 0 Å². The highest BCUT2D eigenvalue weighted by Crippen LogP contribution is 2.41. The second-order valence-corrected chi connectivity index (χ2v) is 8.85. The highest BCUT2D eigenvalue weighted by molar-refractivity contribution is 6.25. The van der Waals surface area contributed by atoms with Crippen molar-refractivity contribution in [3.05, 3.63) is 46.5 Å². The van der Waals surface area contributed by atoms with E-state index in [-0.39, 0.29) is 0 Å². The Morgan fingerprint density at radius 1 is 1.00 bits per heavy atom. The molecule has 0 spiro atoms. The summed E-state index contributed by atoms with van der Waals surface area (Å²) < 4.78 is 33.4. The minimum atomic E-state index is -0.746. The fourth-order valence-electron chi connectivity index (χ4n) is 5.15. The maximum Gasteiger partial charge on any atom is 0.144 e. The van der Waals surface area contributed by atoms with Gasteiger partial charge in [0.1, 0.15) is 23.3 Å². The topological polar surface area (TPSA) is 33.0 Å². The van der Waals surface area contributed by atoms with E-state index in [1.165, 1.54) is 56.2 Å². The number of nitrogens with zero attached hydrogens (tertiary/aromatic N) is 1. The van der Waals surface area contributed by atoms with Gasteiger partial charge in [0.15, 0.2) is 0 Å². The van der Waals surface area contributed by atoms with Gasteiger partial charge in [-0.05, 0) is 92.9 Å². The number of rotatable bonds is 7. The Morgan fingerprint density at radius 3 is 2.14 bits per heavy atom. The van der Waals surface area contributed by atoms with Gasteiger partial charge in [-0.15, -0.1) is 0 Å². The standard InChI is InChI=1S/C24H30ClF2NO/c25-12-1-13-29-21-10-8-20(9-11-21)19-6-4-17(5-7-19)2-3-18-14-23(26)22(16-28)24(27)15-18/h1,12,14-15,17,19-21H,2-11,13H2/b12-1+. The van der Waals surface area contributed by atoms with Crippen LogP contribution in [0.3, 0.4) is 0 Å². The molecule has 0 saturated heterocycles. The molecular weight excluding hydrogens is 392 g/mol. The molecule has 158 valence electrons. The van der Waals surface area contributed by atoms with Crippen LogP contribution in [0.4, 0.5) is 8.78 Å². The Labute approximate surface area is 177 Å². The zero-order valence-electron chi connectivity index (χ0n) is 16.9. The lowest BCUT2D eigenvalue weighted by Crippen LogP contribution is -2.28. The molecule has 0 unspecified atom stereocenters. The third-order valence-corrected chi connectivity index (χ3v) is 7.03. The zero-order valence-corrected chi connectivity index (χ0v) is 17.6. The van der Waals surface area contributed by atoms with E-state index in [9.17, 15) is 8.78 Å². The molecule has 1 aromatic carbocycles. The third kappa shape index (κ3) is 6.27. The van der Waals surface area contributed by atoms with Gasteiger partial charge in [0, 0.05) is 5.54 Å². The molecule has 29 heavy (non-hydrogen) atoms. The summed E-state index contributed by atoms with van der Waals surface area (Å²) in [5.41, 5.74) is 1.69. The first kappa shape index (κ1) is 22.2. The lowest BCUT2D eigenvalue weighted by atomic mass is 9.70. The van der Waals surface area contributed by atoms with Crippen LogP contribution in [0.25, 0.3) is 0 Å². The minimum Gasteiger partial charge on any atom is -0.374 e. The van der Waals surface area contributed by atoms with Crippen LogP contribution < -0.4 is 0 Å². The van der Waals surface area contributed by atoms with Crippen LogP contribution >= 0.6 is 11.6 Å². The number of hydrogen-bond donors (Lipinski definition) is 0. The number of ether oxygens (including phenoxy) is 1. The average Bonchev–Trinajstić information content (AvgIpc) is 2.73. The molecule has 0 radical (unpaired) electrons. The molecule has 2 aliphatic rings. The number of aryl methyl sites for hydroxylation is 1. The normalized spacial score (nSPS) is 27.8. The van der Waals surface area contributed by atoms with Crippen LogP contribution in [0.15, 0.2) is 23.7 Å². The summed E-state index contributed by atoms with van der Waals surface area (Å²) in [6.45, 7) is 0.608. The first-order chi connectivity index (χ1) is 14.1. The van der Waals surface area contributed by atoms with E-state index in [0.717, 1.165) is 31.1 Å². The fraction of sp³-hybridized carbons (Fsp3) is 0.625. The van der Waals surface area contributed by atoms with Gasteiger partial charge in [0.25, 0.3) is 0 Å². The SMILES string of the molecule is N#Cc1c(F)cc(CCC2CCC(C3CCC(OC/C=C/Cl)CC3)CC2)cc1F. The summed E-state index contributed by atoms with van der Waals surface area (Å²) in [7, 11) is 0. The third-order valence-electron chi connectivity index (χ3n) is 6.85. The first-order valence-electron chi connectivity index (χ1n) is 10.9. The molecule has 2 fully saturated rings. The molecule has 0 N–H and O–H groups in total. The van der Waals surface area contributed by atoms with Crippen LogP contribution in [-0.2, 0) is 11.2 Å². The molecule has 5 heteroatoms. The van der Waals surface area contributed by atoms with Gasteiger partial charge in [-0.2, -0.15) is 5.26 Å². The minimum absolute atomic E-state index is 0.378. The van der Waals surface area contributed by atoms with Gasteiger partial charge in [-0.1, -0.05) is 24.4 Å². The Balaban J connectivity index is 1.38. The van der Waals surface area contributed by atoms with Crippen molar-refractivity contribution in [2.45, 2.75) is 70.3 Å². The van der Waals surface area contributed by atoms with Gasteiger partial charge in [0.2, 0.25) is 0 Å². The number of nitriles is 1. The average molecular weight is 422 g/mol. The van der Waals surface area contributed by atoms with E-state index >= 15 is 0 Å². The van der Waals surface area contributed by atoms with Gasteiger partial charge in [0.05, 0.1) is 12.7 Å². The van der Waals surface area contributed by atoms with E-state index in [1.54, 1.807) is 6.07 Å². The summed E-state index contributed by atoms with van der Waals surface area (Å²) >= 11 is 5.53. The van der Waals surface area contributed by atoms with E-state index < -0.39 is 17.2 Å². The molecule has 0 aliphatic heterocycles. The quantitative estimate of drug-likeness (QED) is 0.479. The zero-order chi connectivity index (χ0) is 20.6. The van der Waals surface area contributed by atoms with Gasteiger partial charge < -0.3 is 4.74 Å². The van der Waals surface area contributed by atoms with E-state index in [4.69, 9.17) is 21.6 Å². The molecule has 0 atom stereocenters. The second-order valence-electron chi connectivity index (χ2n) is 8.60. The molecule has 0 amide bonds. The Kier molecular flexibility index (Phi) is 8.51. The number of halogens is 3. The fourth-order valence-corrected chi connectivity index (χ4v) is 5.22. The lowest BCUT2D eigenvalue weighted by Gasteiger charge is -2.37. The molecule has 2 aliphatic carbocycles. The van der Waals surface area contributed by atoms with Crippen molar-refractivity contribution in [3.63, 3.8) is 0 Å². The first-order valence-corrected chi connectivity index (χ1v) is 11.3. The monoisotopic (exact) mass is 421 g/mol. The Bertz CT molecular complexity index is 706. The van der Waals surface area contributed by atoms with Crippen molar-refractivity contribution in [3.8, 4) is 6.07 Å². The largest absolute Gasteiger partial charge is 0.374 e. The van der Waals surface area contributed by atoms with Crippen molar-refractivity contribution in [1.29, 1.82) is 5.26 Å². The molecule has 0 bridgehead atoms. The van der Waals surface area contributed by atoms with Crippen molar-refractivity contribution in [1.82, 2.24) is 0 Å². The van der Waals surface area contributed by atoms with Crippen molar-refractivity contribution in [2.75, 3.05) is 6.61 Å². The number of benzene rings is 1. The van der Waals surface area contributed by atoms with E-state index in [0.29, 0.717) is 30.6 Å². The highest BCUT2D eigenvalue weighted by atomic mass is 35.5. The molecular formula is C24H30ClF2NO. The van der Waals surface area contributed by atoms with Gasteiger partial charge in [-0.25, -0.2) is 8.78 Å². The second kappa shape index (κ2) is 11.1. The Hall–Kier alpha value is -1.44. The van der Waals surface area contributed by atoms with Crippen LogP contribution in [-0.4, -0.2) is 12.7 Å². The molecule has 3 rings (SSSR count). The summed E-state index contributed by atoms with van der Waals surface area (Å²) in [5.74, 6) is 0.782. The lowest BCUT2D eigenvalue weighted by molar-refractivity contribution is 0.0211.